The fourth-order valence-corrected chi connectivity index (χ4v) is 2.48. The fraction of sp³-hybridized carbons (Fsp3) is 0.923. The molecule has 3 heteroatoms. The van der Waals surface area contributed by atoms with E-state index in [2.05, 4.69) is 11.8 Å². The Bertz CT molecular complexity index is 240. The minimum absolute atomic E-state index is 0.513. The highest BCUT2D eigenvalue weighted by molar-refractivity contribution is 5.78. The van der Waals surface area contributed by atoms with Crippen LogP contribution in [0, 0.1) is 5.92 Å². The lowest BCUT2D eigenvalue weighted by atomic mass is 10.3. The summed E-state index contributed by atoms with van der Waals surface area (Å²) in [5.41, 5.74) is 6.14. The fourth-order valence-electron chi connectivity index (χ4n) is 2.48. The van der Waals surface area contributed by atoms with Crippen molar-refractivity contribution in [2.75, 3.05) is 13.1 Å². The van der Waals surface area contributed by atoms with Crippen LogP contribution in [0.2, 0.25) is 0 Å². The summed E-state index contributed by atoms with van der Waals surface area (Å²) >= 11 is 0. The van der Waals surface area contributed by atoms with E-state index >= 15 is 0 Å². The van der Waals surface area contributed by atoms with Crippen LogP contribution >= 0.6 is 0 Å². The molecule has 0 spiro atoms. The van der Waals surface area contributed by atoms with E-state index in [1.165, 1.54) is 38.5 Å². The maximum atomic E-state index is 6.14. The molecule has 2 N–H and O–H groups in total. The third kappa shape index (κ3) is 3.39. The van der Waals surface area contributed by atoms with Crippen LogP contribution in [-0.4, -0.2) is 30.0 Å². The standard InChI is InChI=1S/C13H25N3/c1-2-9-16(10-11-7-8-11)13(14)15-12-5-3-4-6-12/h11-12H,2-10H2,1H3,(H2,14,15). The summed E-state index contributed by atoms with van der Waals surface area (Å²) in [5, 5.41) is 0. The van der Waals surface area contributed by atoms with Crippen molar-refractivity contribution < 1.29 is 0 Å². The summed E-state index contributed by atoms with van der Waals surface area (Å²) in [7, 11) is 0. The van der Waals surface area contributed by atoms with Crippen LogP contribution in [0.1, 0.15) is 51.9 Å². The molecule has 2 fully saturated rings. The molecule has 0 aromatic carbocycles. The van der Waals surface area contributed by atoms with E-state index in [4.69, 9.17) is 10.7 Å². The number of aliphatic imine (C=N–C) groups is 1. The van der Waals surface area contributed by atoms with Crippen molar-refractivity contribution in [3.63, 3.8) is 0 Å². The van der Waals surface area contributed by atoms with Gasteiger partial charge in [0.1, 0.15) is 0 Å². The van der Waals surface area contributed by atoms with Gasteiger partial charge in [-0.05, 0) is 38.0 Å². The highest BCUT2D eigenvalue weighted by Gasteiger charge is 2.25. The molecule has 2 saturated carbocycles. The molecule has 16 heavy (non-hydrogen) atoms. The second kappa shape index (κ2) is 5.55. The van der Waals surface area contributed by atoms with Gasteiger partial charge in [-0.15, -0.1) is 0 Å². The molecular formula is C13H25N3. The minimum atomic E-state index is 0.513. The van der Waals surface area contributed by atoms with Gasteiger partial charge in [-0.25, -0.2) is 4.99 Å². The molecule has 92 valence electrons. The smallest absolute Gasteiger partial charge is 0.191 e. The van der Waals surface area contributed by atoms with Crippen LogP contribution in [-0.2, 0) is 0 Å². The SMILES string of the molecule is CCCN(CC1CC1)C(N)=NC1CCCC1. The lowest BCUT2D eigenvalue weighted by Gasteiger charge is -2.23. The van der Waals surface area contributed by atoms with Gasteiger partial charge in [0.25, 0.3) is 0 Å². The average molecular weight is 223 g/mol. The van der Waals surface area contributed by atoms with Gasteiger partial charge in [-0.1, -0.05) is 19.8 Å². The predicted octanol–water partition coefficient (Wildman–Crippen LogP) is 2.37. The Balaban J connectivity index is 1.88. The van der Waals surface area contributed by atoms with Crippen LogP contribution < -0.4 is 5.73 Å². The molecule has 0 aliphatic heterocycles. The second-order valence-corrected chi connectivity index (χ2v) is 5.31. The number of hydrogen-bond donors (Lipinski definition) is 1. The van der Waals surface area contributed by atoms with Gasteiger partial charge in [-0.3, -0.25) is 0 Å². The Morgan fingerprint density at radius 3 is 2.50 bits per heavy atom. The molecule has 0 unspecified atom stereocenters. The second-order valence-electron chi connectivity index (χ2n) is 5.31. The summed E-state index contributed by atoms with van der Waals surface area (Å²) in [4.78, 5) is 7.00. The first-order valence-electron chi connectivity index (χ1n) is 6.87. The van der Waals surface area contributed by atoms with Gasteiger partial charge >= 0.3 is 0 Å². The normalized spacial score (nSPS) is 22.7. The maximum Gasteiger partial charge on any atom is 0.191 e. The third-order valence-corrected chi connectivity index (χ3v) is 3.63. The lowest BCUT2D eigenvalue weighted by molar-refractivity contribution is 0.391. The van der Waals surface area contributed by atoms with Crippen molar-refractivity contribution in [1.82, 2.24) is 4.90 Å². The van der Waals surface area contributed by atoms with Crippen molar-refractivity contribution in [2.45, 2.75) is 57.9 Å². The lowest BCUT2D eigenvalue weighted by Crippen LogP contribution is -2.40. The first kappa shape index (κ1) is 11.7. The molecule has 2 rings (SSSR count). The number of hydrogen-bond acceptors (Lipinski definition) is 1. The quantitative estimate of drug-likeness (QED) is 0.574. The van der Waals surface area contributed by atoms with E-state index in [0.29, 0.717) is 6.04 Å². The summed E-state index contributed by atoms with van der Waals surface area (Å²) in [6.45, 7) is 4.41. The molecule has 0 bridgehead atoms. The molecule has 0 aromatic rings. The summed E-state index contributed by atoms with van der Waals surface area (Å²) in [5.74, 6) is 1.70. The van der Waals surface area contributed by atoms with Crippen LogP contribution in [0.25, 0.3) is 0 Å². The van der Waals surface area contributed by atoms with Crippen molar-refractivity contribution in [3.05, 3.63) is 0 Å². The van der Waals surface area contributed by atoms with Crippen molar-refractivity contribution in [2.24, 2.45) is 16.6 Å². The van der Waals surface area contributed by atoms with Gasteiger partial charge in [-0.2, -0.15) is 0 Å². The largest absolute Gasteiger partial charge is 0.370 e. The highest BCUT2D eigenvalue weighted by atomic mass is 15.3. The Labute approximate surface area is 99.1 Å². The zero-order valence-corrected chi connectivity index (χ0v) is 10.5. The van der Waals surface area contributed by atoms with Gasteiger partial charge < -0.3 is 10.6 Å². The van der Waals surface area contributed by atoms with Crippen LogP contribution in [0.5, 0.6) is 0 Å². The Hall–Kier alpha value is -0.730. The Morgan fingerprint density at radius 1 is 1.25 bits per heavy atom. The minimum Gasteiger partial charge on any atom is -0.370 e. The first-order chi connectivity index (χ1) is 7.79. The van der Waals surface area contributed by atoms with Crippen molar-refractivity contribution in [3.8, 4) is 0 Å². The van der Waals surface area contributed by atoms with Gasteiger partial charge in [0.2, 0.25) is 0 Å². The monoisotopic (exact) mass is 223 g/mol. The van der Waals surface area contributed by atoms with Crippen molar-refractivity contribution >= 4 is 5.96 Å². The van der Waals surface area contributed by atoms with Gasteiger partial charge in [0.15, 0.2) is 5.96 Å². The van der Waals surface area contributed by atoms with E-state index in [9.17, 15) is 0 Å². The molecule has 0 radical (unpaired) electrons. The third-order valence-electron chi connectivity index (χ3n) is 3.63. The highest BCUT2D eigenvalue weighted by Crippen LogP contribution is 2.30. The topological polar surface area (TPSA) is 41.6 Å². The zero-order chi connectivity index (χ0) is 11.4. The van der Waals surface area contributed by atoms with E-state index in [1.54, 1.807) is 0 Å². The summed E-state index contributed by atoms with van der Waals surface area (Å²) < 4.78 is 0. The maximum absolute atomic E-state index is 6.14. The summed E-state index contributed by atoms with van der Waals surface area (Å²) in [6, 6.07) is 0.513. The first-order valence-corrected chi connectivity index (χ1v) is 6.87. The van der Waals surface area contributed by atoms with Crippen LogP contribution in [0.4, 0.5) is 0 Å². The molecule has 0 saturated heterocycles. The zero-order valence-electron chi connectivity index (χ0n) is 10.5. The molecule has 0 heterocycles. The predicted molar refractivity (Wildman–Crippen MR) is 68.5 cm³/mol. The average Bonchev–Trinajstić information content (AvgIpc) is 2.94. The molecule has 0 aromatic heterocycles. The van der Waals surface area contributed by atoms with E-state index in [-0.39, 0.29) is 0 Å². The molecule has 2 aliphatic rings. The number of rotatable bonds is 5. The van der Waals surface area contributed by atoms with Crippen LogP contribution in [0.15, 0.2) is 4.99 Å². The summed E-state index contributed by atoms with van der Waals surface area (Å²) in [6.07, 6.45) is 9.07. The van der Waals surface area contributed by atoms with Crippen molar-refractivity contribution in [1.29, 1.82) is 0 Å². The molecule has 0 amide bonds. The van der Waals surface area contributed by atoms with E-state index in [1.807, 2.05) is 0 Å². The Kier molecular flexibility index (Phi) is 4.08. The number of guanidine groups is 1. The van der Waals surface area contributed by atoms with E-state index < -0.39 is 0 Å². The Morgan fingerprint density at radius 2 is 1.94 bits per heavy atom. The number of nitrogens with two attached hydrogens (primary N) is 1. The molecule has 2 aliphatic carbocycles. The van der Waals surface area contributed by atoms with Gasteiger partial charge in [0, 0.05) is 13.1 Å². The van der Waals surface area contributed by atoms with Gasteiger partial charge in [0.05, 0.1) is 6.04 Å². The molecular weight excluding hydrogens is 198 g/mol. The molecule has 0 atom stereocenters. The molecule has 3 nitrogen and oxygen atoms in total. The van der Waals surface area contributed by atoms with Crippen LogP contribution in [0.3, 0.4) is 0 Å². The number of nitrogens with zero attached hydrogens (tertiary/aromatic N) is 2. The van der Waals surface area contributed by atoms with E-state index in [0.717, 1.165) is 31.4 Å².